The Labute approximate surface area is 191 Å². The van der Waals surface area contributed by atoms with Gasteiger partial charge in [0, 0.05) is 46.9 Å². The standard InChI is InChI=1S/C24H25N3O4.ClH/c1-24(9-4-10-24)25-12-13-11-17-14-5-3-6-16-20(15(14)7-8-18(17)27(13)2)26-22(29)19(21(16)28)23(30)31;/h3,5,7-8,11,25H,4,6,9-10,12H2,1-2H3,(H,30,31)(H2,26,28,29);1H. The molecule has 1 saturated carbocycles. The van der Waals surface area contributed by atoms with Crippen molar-refractivity contribution in [1.29, 1.82) is 0 Å². The van der Waals surface area contributed by atoms with Crippen molar-refractivity contribution < 1.29 is 15.0 Å². The SMILES string of the molecule is Cl.Cn1c(CNC2(C)CCC2)cc2c3c(ccc21)-c1[nH]c(=O)c(C(=O)O)c(O)c1CC=C3. The Morgan fingerprint density at radius 3 is 2.72 bits per heavy atom. The van der Waals surface area contributed by atoms with Crippen molar-refractivity contribution in [2.75, 3.05) is 0 Å². The second-order valence-electron chi connectivity index (χ2n) is 8.86. The molecule has 0 radical (unpaired) electrons. The highest BCUT2D eigenvalue weighted by molar-refractivity contribution is 5.99. The largest absolute Gasteiger partial charge is 0.506 e. The maximum Gasteiger partial charge on any atom is 0.345 e. The van der Waals surface area contributed by atoms with Gasteiger partial charge in [-0.3, -0.25) is 4.79 Å². The second-order valence-corrected chi connectivity index (χ2v) is 8.86. The van der Waals surface area contributed by atoms with Crippen molar-refractivity contribution >= 4 is 35.4 Å². The molecule has 3 aromatic rings. The first-order chi connectivity index (χ1) is 14.8. The van der Waals surface area contributed by atoms with Gasteiger partial charge in [-0.1, -0.05) is 18.2 Å². The zero-order valence-corrected chi connectivity index (χ0v) is 18.8. The molecule has 0 bridgehead atoms. The number of fused-ring (bicyclic) bond motifs is 5. The molecule has 1 fully saturated rings. The van der Waals surface area contributed by atoms with Gasteiger partial charge in [0.15, 0.2) is 5.56 Å². The molecular weight excluding hydrogens is 430 g/mol. The van der Waals surface area contributed by atoms with Gasteiger partial charge in [0.25, 0.3) is 5.56 Å². The number of pyridine rings is 1. The van der Waals surface area contributed by atoms with Gasteiger partial charge < -0.3 is 25.1 Å². The van der Waals surface area contributed by atoms with E-state index in [4.69, 9.17) is 0 Å². The molecule has 0 unspecified atom stereocenters. The van der Waals surface area contributed by atoms with E-state index in [0.29, 0.717) is 17.7 Å². The molecule has 4 N–H and O–H groups in total. The van der Waals surface area contributed by atoms with Crippen LogP contribution >= 0.6 is 12.4 Å². The fourth-order valence-corrected chi connectivity index (χ4v) is 4.79. The molecule has 168 valence electrons. The van der Waals surface area contributed by atoms with Gasteiger partial charge in [0.05, 0.1) is 5.69 Å². The van der Waals surface area contributed by atoms with Crippen LogP contribution in [0.25, 0.3) is 28.2 Å². The van der Waals surface area contributed by atoms with Crippen molar-refractivity contribution in [3.63, 3.8) is 0 Å². The zero-order chi connectivity index (χ0) is 21.9. The lowest BCUT2D eigenvalue weighted by Crippen LogP contribution is -2.47. The summed E-state index contributed by atoms with van der Waals surface area (Å²) < 4.78 is 2.18. The third kappa shape index (κ3) is 3.32. The van der Waals surface area contributed by atoms with E-state index in [2.05, 4.69) is 34.9 Å². The summed E-state index contributed by atoms with van der Waals surface area (Å²) in [6.45, 7) is 3.04. The molecule has 2 heterocycles. The van der Waals surface area contributed by atoms with Crippen molar-refractivity contribution in [2.45, 2.75) is 44.7 Å². The van der Waals surface area contributed by atoms with Crippen LogP contribution in [-0.2, 0) is 20.0 Å². The molecule has 2 aliphatic carbocycles. The third-order valence-electron chi connectivity index (χ3n) is 6.90. The number of carboxylic acids is 1. The molecule has 0 saturated heterocycles. The second kappa shape index (κ2) is 7.83. The first-order valence-corrected chi connectivity index (χ1v) is 10.5. The van der Waals surface area contributed by atoms with E-state index in [-0.39, 0.29) is 17.9 Å². The number of carboxylic acid groups (broad SMARTS) is 1. The first-order valence-electron chi connectivity index (χ1n) is 10.5. The summed E-state index contributed by atoms with van der Waals surface area (Å²) in [4.78, 5) is 26.5. The number of aromatic amines is 1. The van der Waals surface area contributed by atoms with Crippen LogP contribution in [0.1, 0.15) is 53.4 Å². The predicted molar refractivity (Wildman–Crippen MR) is 127 cm³/mol. The molecule has 0 spiro atoms. The molecule has 2 aliphatic rings. The summed E-state index contributed by atoms with van der Waals surface area (Å²) in [6, 6.07) is 6.10. The Hall–Kier alpha value is -3.03. The van der Waals surface area contributed by atoms with Gasteiger partial charge >= 0.3 is 5.97 Å². The van der Waals surface area contributed by atoms with E-state index in [1.807, 2.05) is 24.3 Å². The lowest BCUT2D eigenvalue weighted by molar-refractivity contribution is 0.0691. The Bertz CT molecular complexity index is 1330. The number of halogens is 1. The normalized spacial score (nSPS) is 15.9. The molecule has 1 aromatic carbocycles. The monoisotopic (exact) mass is 455 g/mol. The quantitative estimate of drug-likeness (QED) is 0.476. The molecule has 7 nitrogen and oxygen atoms in total. The minimum absolute atomic E-state index is 0. The number of hydrogen-bond acceptors (Lipinski definition) is 4. The van der Waals surface area contributed by atoms with Crippen molar-refractivity contribution in [3.05, 3.63) is 57.0 Å². The molecule has 0 aliphatic heterocycles. The van der Waals surface area contributed by atoms with Crippen LogP contribution in [0.2, 0.25) is 0 Å². The van der Waals surface area contributed by atoms with Crippen LogP contribution in [0.3, 0.4) is 0 Å². The van der Waals surface area contributed by atoms with Gasteiger partial charge in [0.1, 0.15) is 5.75 Å². The van der Waals surface area contributed by atoms with Gasteiger partial charge in [-0.25, -0.2) is 4.79 Å². The number of rotatable bonds is 4. The van der Waals surface area contributed by atoms with Crippen LogP contribution < -0.4 is 10.9 Å². The van der Waals surface area contributed by atoms with E-state index in [9.17, 15) is 19.8 Å². The number of allylic oxidation sites excluding steroid dienone is 1. The van der Waals surface area contributed by atoms with Crippen LogP contribution in [0.4, 0.5) is 0 Å². The van der Waals surface area contributed by atoms with Crippen molar-refractivity contribution in [1.82, 2.24) is 14.9 Å². The highest BCUT2D eigenvalue weighted by atomic mass is 35.5. The average Bonchev–Trinajstić information content (AvgIpc) is 2.89. The summed E-state index contributed by atoms with van der Waals surface area (Å²) in [6.07, 6.45) is 7.87. The number of aromatic nitrogens is 2. The summed E-state index contributed by atoms with van der Waals surface area (Å²) in [7, 11) is 2.05. The number of nitrogens with one attached hydrogen (secondary N) is 2. The van der Waals surface area contributed by atoms with E-state index in [1.165, 1.54) is 25.0 Å². The topological polar surface area (TPSA) is 107 Å². The molecular formula is C24H26ClN3O4. The number of benzene rings is 1. The zero-order valence-electron chi connectivity index (χ0n) is 18.0. The van der Waals surface area contributed by atoms with Crippen LogP contribution in [0.15, 0.2) is 29.1 Å². The van der Waals surface area contributed by atoms with Gasteiger partial charge in [-0.15, -0.1) is 12.4 Å². The number of aryl methyl sites for hydroxylation is 1. The van der Waals surface area contributed by atoms with Crippen LogP contribution in [0.5, 0.6) is 5.75 Å². The number of carbonyl (C=O) groups is 1. The predicted octanol–water partition coefficient (Wildman–Crippen LogP) is 3.96. The average molecular weight is 456 g/mol. The van der Waals surface area contributed by atoms with E-state index >= 15 is 0 Å². The molecule has 0 atom stereocenters. The van der Waals surface area contributed by atoms with E-state index < -0.39 is 22.8 Å². The molecule has 2 aromatic heterocycles. The molecule has 0 amide bonds. The van der Waals surface area contributed by atoms with E-state index in [0.717, 1.165) is 28.6 Å². The Kier molecular flexibility index (Phi) is 5.43. The number of hydrogen-bond donors (Lipinski definition) is 4. The fourth-order valence-electron chi connectivity index (χ4n) is 4.79. The van der Waals surface area contributed by atoms with Gasteiger partial charge in [0.2, 0.25) is 0 Å². The molecule has 32 heavy (non-hydrogen) atoms. The van der Waals surface area contributed by atoms with Crippen molar-refractivity contribution in [2.24, 2.45) is 7.05 Å². The molecule has 8 heteroatoms. The maximum absolute atomic E-state index is 12.4. The summed E-state index contributed by atoms with van der Waals surface area (Å²) in [5.41, 5.74) is 3.66. The number of nitrogens with zero attached hydrogens (tertiary/aromatic N) is 1. The highest BCUT2D eigenvalue weighted by Crippen LogP contribution is 2.39. The Morgan fingerprint density at radius 1 is 1.31 bits per heavy atom. The fraction of sp³-hybridized carbons (Fsp3) is 0.333. The summed E-state index contributed by atoms with van der Waals surface area (Å²) in [5, 5.41) is 24.6. The lowest BCUT2D eigenvalue weighted by Gasteiger charge is -2.39. The van der Waals surface area contributed by atoms with E-state index in [1.54, 1.807) is 0 Å². The maximum atomic E-state index is 12.4. The van der Waals surface area contributed by atoms with Crippen molar-refractivity contribution in [3.8, 4) is 17.0 Å². The smallest absolute Gasteiger partial charge is 0.345 e. The minimum atomic E-state index is -1.44. The van der Waals surface area contributed by atoms with Gasteiger partial charge in [-0.05, 0) is 50.3 Å². The number of aromatic carboxylic acids is 1. The third-order valence-corrected chi connectivity index (χ3v) is 6.90. The number of aromatic hydroxyl groups is 1. The summed E-state index contributed by atoms with van der Waals surface area (Å²) >= 11 is 0. The van der Waals surface area contributed by atoms with Gasteiger partial charge in [-0.2, -0.15) is 0 Å². The lowest BCUT2D eigenvalue weighted by atomic mass is 9.78. The minimum Gasteiger partial charge on any atom is -0.506 e. The van der Waals surface area contributed by atoms with Crippen LogP contribution in [0, 0.1) is 0 Å². The first kappa shape index (κ1) is 22.2. The number of H-pyrrole nitrogens is 1. The highest BCUT2D eigenvalue weighted by Gasteiger charge is 2.31. The Morgan fingerprint density at radius 2 is 2.06 bits per heavy atom. The summed E-state index contributed by atoms with van der Waals surface area (Å²) in [5.74, 6) is -1.90. The molecule has 5 rings (SSSR count). The van der Waals surface area contributed by atoms with Crippen LogP contribution in [-0.4, -0.2) is 31.3 Å². The Balaban J connectivity index is 0.00000245.